The van der Waals surface area contributed by atoms with E-state index in [4.69, 9.17) is 10.5 Å². The molecule has 0 saturated carbocycles. The van der Waals surface area contributed by atoms with E-state index in [2.05, 4.69) is 10.1 Å². The third-order valence-electron chi connectivity index (χ3n) is 4.41. The number of pyridine rings is 1. The van der Waals surface area contributed by atoms with Gasteiger partial charge in [0.05, 0.1) is 18.7 Å². The van der Waals surface area contributed by atoms with Crippen LogP contribution in [0.1, 0.15) is 18.5 Å². The zero-order valence-corrected chi connectivity index (χ0v) is 13.8. The van der Waals surface area contributed by atoms with Crippen molar-refractivity contribution in [3.8, 4) is 0 Å². The summed E-state index contributed by atoms with van der Waals surface area (Å²) >= 11 is 0. The number of nitrogens with zero attached hydrogens (tertiary/aromatic N) is 4. The molecule has 1 fully saturated rings. The van der Waals surface area contributed by atoms with Crippen LogP contribution in [0.5, 0.6) is 0 Å². The average molecular weight is 329 g/mol. The molecule has 0 spiro atoms. The molecule has 24 heavy (non-hydrogen) atoms. The maximum absolute atomic E-state index is 12.7. The molecule has 1 aliphatic heterocycles. The van der Waals surface area contributed by atoms with Crippen LogP contribution in [0, 0.1) is 0 Å². The highest BCUT2D eigenvalue weighted by Crippen LogP contribution is 2.23. The minimum absolute atomic E-state index is 0.0710. The van der Waals surface area contributed by atoms with Crippen molar-refractivity contribution in [1.82, 2.24) is 19.7 Å². The Morgan fingerprint density at radius 1 is 1.42 bits per heavy atom. The molecule has 0 radical (unpaired) electrons. The number of carbonyl (C=O) groups excluding carboxylic acids is 1. The van der Waals surface area contributed by atoms with E-state index >= 15 is 0 Å². The molecule has 2 aromatic rings. The number of likely N-dealkylation sites (tertiary alicyclic amines) is 1. The van der Waals surface area contributed by atoms with Crippen LogP contribution in [0.4, 0.5) is 5.82 Å². The van der Waals surface area contributed by atoms with E-state index in [-0.39, 0.29) is 18.1 Å². The Balaban J connectivity index is 1.63. The number of amides is 1. The predicted octanol–water partition coefficient (Wildman–Crippen LogP) is 1.11. The first-order valence-electron chi connectivity index (χ1n) is 8.17. The lowest BCUT2D eigenvalue weighted by atomic mass is 10.1. The summed E-state index contributed by atoms with van der Waals surface area (Å²) in [6.07, 6.45) is 5.57. The summed E-state index contributed by atoms with van der Waals surface area (Å²) in [7, 11) is 1.69. The van der Waals surface area contributed by atoms with Crippen molar-refractivity contribution >= 4 is 11.7 Å². The van der Waals surface area contributed by atoms with Gasteiger partial charge in [0.25, 0.3) is 0 Å². The van der Waals surface area contributed by atoms with Crippen LogP contribution in [0.15, 0.2) is 36.7 Å². The van der Waals surface area contributed by atoms with Gasteiger partial charge in [0.1, 0.15) is 5.82 Å². The summed E-state index contributed by atoms with van der Waals surface area (Å²) in [6.45, 7) is 1.26. The fourth-order valence-corrected chi connectivity index (χ4v) is 3.14. The molecule has 0 aliphatic carbocycles. The van der Waals surface area contributed by atoms with Gasteiger partial charge in [-0.05, 0) is 31.0 Å². The number of nitrogens with two attached hydrogens (primary N) is 1. The Morgan fingerprint density at radius 2 is 2.29 bits per heavy atom. The fourth-order valence-electron chi connectivity index (χ4n) is 3.14. The average Bonchev–Trinajstić information content (AvgIpc) is 3.20. The van der Waals surface area contributed by atoms with E-state index in [0.29, 0.717) is 31.7 Å². The fraction of sp³-hybridized carbons (Fsp3) is 0.471. The van der Waals surface area contributed by atoms with Gasteiger partial charge in [0.2, 0.25) is 5.91 Å². The Hall–Kier alpha value is -2.41. The zero-order chi connectivity index (χ0) is 16.9. The number of hydrogen-bond donors (Lipinski definition) is 1. The molecule has 0 bridgehead atoms. The minimum Gasteiger partial charge on any atom is -0.382 e. The van der Waals surface area contributed by atoms with Gasteiger partial charge in [-0.3, -0.25) is 14.5 Å². The highest BCUT2D eigenvalue weighted by molar-refractivity contribution is 5.77. The number of rotatable bonds is 6. The van der Waals surface area contributed by atoms with Gasteiger partial charge >= 0.3 is 0 Å². The van der Waals surface area contributed by atoms with Crippen molar-refractivity contribution in [2.45, 2.75) is 38.0 Å². The van der Waals surface area contributed by atoms with E-state index in [1.165, 1.54) is 0 Å². The molecule has 1 aliphatic rings. The maximum Gasteiger partial charge on any atom is 0.223 e. The molecule has 2 aromatic heterocycles. The second-order valence-corrected chi connectivity index (χ2v) is 6.08. The quantitative estimate of drug-likeness (QED) is 0.858. The van der Waals surface area contributed by atoms with Gasteiger partial charge in [-0.15, -0.1) is 0 Å². The molecule has 128 valence electrons. The number of aryl methyl sites for hydroxylation is 1. The van der Waals surface area contributed by atoms with E-state index < -0.39 is 0 Å². The minimum atomic E-state index is 0.0710. The van der Waals surface area contributed by atoms with Crippen molar-refractivity contribution in [3.05, 3.63) is 42.4 Å². The molecule has 3 rings (SSSR count). The number of methoxy groups -OCH3 is 1. The molecule has 3 heterocycles. The van der Waals surface area contributed by atoms with Crippen molar-refractivity contribution in [3.63, 3.8) is 0 Å². The number of carbonyl (C=O) groups is 1. The molecule has 1 amide bonds. The molecule has 0 unspecified atom stereocenters. The van der Waals surface area contributed by atoms with Crippen molar-refractivity contribution in [2.24, 2.45) is 0 Å². The topological polar surface area (TPSA) is 86.3 Å². The van der Waals surface area contributed by atoms with E-state index in [1.54, 1.807) is 24.1 Å². The first kappa shape index (κ1) is 16.4. The first-order valence-corrected chi connectivity index (χ1v) is 8.17. The SMILES string of the molecule is CO[C@H]1C[C@@H](Cn2ccc(N)n2)N(C(=O)CCc2ccccn2)C1. The third-order valence-corrected chi connectivity index (χ3v) is 4.41. The number of nitrogen functional groups attached to an aromatic ring is 1. The lowest BCUT2D eigenvalue weighted by molar-refractivity contribution is -0.132. The van der Waals surface area contributed by atoms with Crippen molar-refractivity contribution in [1.29, 1.82) is 0 Å². The molecule has 0 aromatic carbocycles. The lowest BCUT2D eigenvalue weighted by Gasteiger charge is -2.24. The van der Waals surface area contributed by atoms with E-state index in [0.717, 1.165) is 12.1 Å². The Bertz CT molecular complexity index is 673. The van der Waals surface area contributed by atoms with E-state index in [1.807, 2.05) is 29.3 Å². The number of hydrogen-bond acceptors (Lipinski definition) is 5. The molecule has 7 heteroatoms. The first-order chi connectivity index (χ1) is 11.7. The van der Waals surface area contributed by atoms with E-state index in [9.17, 15) is 4.79 Å². The zero-order valence-electron chi connectivity index (χ0n) is 13.8. The molecular weight excluding hydrogens is 306 g/mol. The predicted molar refractivity (Wildman–Crippen MR) is 90.1 cm³/mol. The van der Waals surface area contributed by atoms with Crippen LogP contribution in [-0.4, -0.2) is 51.4 Å². The van der Waals surface area contributed by atoms with Gasteiger partial charge in [0.15, 0.2) is 0 Å². The summed E-state index contributed by atoms with van der Waals surface area (Å²) in [4.78, 5) is 18.9. The second-order valence-electron chi connectivity index (χ2n) is 6.08. The highest BCUT2D eigenvalue weighted by atomic mass is 16.5. The summed E-state index contributed by atoms with van der Waals surface area (Å²) in [6, 6.07) is 7.59. The highest BCUT2D eigenvalue weighted by Gasteiger charge is 2.35. The molecule has 1 saturated heterocycles. The monoisotopic (exact) mass is 329 g/mol. The van der Waals surface area contributed by atoms with Gasteiger partial charge in [-0.1, -0.05) is 6.07 Å². The van der Waals surface area contributed by atoms with Crippen LogP contribution in [0.25, 0.3) is 0 Å². The van der Waals surface area contributed by atoms with Crippen LogP contribution >= 0.6 is 0 Å². The standard InChI is InChI=1S/C17H23N5O2/c1-24-15-10-14(11-21-9-7-16(18)20-21)22(12-15)17(23)6-5-13-4-2-3-8-19-13/h2-4,7-9,14-15H,5-6,10-12H2,1H3,(H2,18,20)/t14-,15-/m0/s1. The van der Waals surface area contributed by atoms with Crippen molar-refractivity contribution < 1.29 is 9.53 Å². The summed E-state index contributed by atoms with van der Waals surface area (Å²) in [5.74, 6) is 0.620. The lowest BCUT2D eigenvalue weighted by Crippen LogP contribution is -2.38. The third kappa shape index (κ3) is 3.91. The second kappa shape index (κ2) is 7.44. The molecule has 7 nitrogen and oxygen atoms in total. The molecule has 2 N–H and O–H groups in total. The largest absolute Gasteiger partial charge is 0.382 e. The number of ether oxygens (including phenoxy) is 1. The smallest absolute Gasteiger partial charge is 0.223 e. The number of aromatic nitrogens is 3. The Morgan fingerprint density at radius 3 is 2.96 bits per heavy atom. The Kier molecular flexibility index (Phi) is 5.10. The van der Waals surface area contributed by atoms with Crippen LogP contribution < -0.4 is 5.73 Å². The maximum atomic E-state index is 12.7. The van der Waals surface area contributed by atoms with Crippen molar-refractivity contribution in [2.75, 3.05) is 19.4 Å². The molecule has 2 atom stereocenters. The summed E-state index contributed by atoms with van der Waals surface area (Å²) < 4.78 is 7.26. The van der Waals surface area contributed by atoms with Crippen LogP contribution in [0.3, 0.4) is 0 Å². The van der Waals surface area contributed by atoms with Crippen LogP contribution in [-0.2, 0) is 22.5 Å². The van der Waals surface area contributed by atoms with Gasteiger partial charge < -0.3 is 15.4 Å². The van der Waals surface area contributed by atoms with Gasteiger partial charge in [0, 0.05) is 38.2 Å². The Labute approximate surface area is 141 Å². The number of anilines is 1. The molecular formula is C17H23N5O2. The normalized spacial score (nSPS) is 20.5. The van der Waals surface area contributed by atoms with Gasteiger partial charge in [-0.25, -0.2) is 0 Å². The summed E-state index contributed by atoms with van der Waals surface area (Å²) in [5.41, 5.74) is 6.60. The van der Waals surface area contributed by atoms with Crippen LogP contribution in [0.2, 0.25) is 0 Å². The summed E-state index contributed by atoms with van der Waals surface area (Å²) in [5, 5.41) is 4.22. The van der Waals surface area contributed by atoms with Gasteiger partial charge in [-0.2, -0.15) is 5.10 Å².